The molecule has 1 aromatic carbocycles. The van der Waals surface area contributed by atoms with Gasteiger partial charge in [-0.05, 0) is 192 Å². The molecule has 0 aromatic heterocycles. The molecule has 0 saturated heterocycles. The number of rotatable bonds is 51. The number of nitrogens with one attached hydrogen (secondary N) is 12. The highest BCUT2D eigenvalue weighted by atomic mass is 16.4. The summed E-state index contributed by atoms with van der Waals surface area (Å²) < 4.78 is 0. The highest BCUT2D eigenvalue weighted by Gasteiger charge is 2.36. The van der Waals surface area contributed by atoms with Gasteiger partial charge in [0.15, 0.2) is 0 Å². The van der Waals surface area contributed by atoms with Gasteiger partial charge < -0.3 is 97.6 Å². The molecule has 568 valence electrons. The number of carboxylic acids is 1. The fraction of sp³-hybridized carbons (Fsp3) is 0.725. The van der Waals surface area contributed by atoms with E-state index in [0.717, 1.165) is 5.56 Å². The van der Waals surface area contributed by atoms with Crippen LogP contribution < -0.4 is 92.5 Å². The second-order valence-electron chi connectivity index (χ2n) is 27.7. The van der Waals surface area contributed by atoms with Crippen molar-refractivity contribution in [1.82, 2.24) is 63.8 Å². The van der Waals surface area contributed by atoms with Crippen LogP contribution >= 0.6 is 0 Å². The van der Waals surface area contributed by atoms with E-state index in [2.05, 4.69) is 63.8 Å². The van der Waals surface area contributed by atoms with Crippen molar-refractivity contribution in [1.29, 1.82) is 0 Å². The number of carboxylic acid groups (broad SMARTS) is 1. The molecule has 0 fully saturated rings. The fourth-order valence-corrected chi connectivity index (χ4v) is 10.6. The van der Waals surface area contributed by atoms with Crippen LogP contribution in [-0.2, 0) is 68.7 Å². The van der Waals surface area contributed by atoms with Gasteiger partial charge in [0.05, 0.1) is 6.04 Å². The Morgan fingerprint density at radius 2 is 0.520 bits per heavy atom. The minimum atomic E-state index is -1.31. The number of nitrogens with two attached hydrogens (primary N) is 5. The molecule has 0 aliphatic heterocycles. The Morgan fingerprint density at radius 1 is 0.300 bits per heavy atom. The van der Waals surface area contributed by atoms with Gasteiger partial charge >= 0.3 is 5.97 Å². The Morgan fingerprint density at radius 3 is 0.800 bits per heavy atom. The quantitative estimate of drug-likeness (QED) is 0.0357. The summed E-state index contributed by atoms with van der Waals surface area (Å²) in [5.74, 6) is -10.6. The van der Waals surface area contributed by atoms with Crippen LogP contribution in [0.3, 0.4) is 0 Å². The topological polar surface area (TPSA) is 517 Å². The molecule has 13 atom stereocenters. The first-order chi connectivity index (χ1) is 47.1. The molecule has 0 spiro atoms. The number of carbonyl (C=O) groups excluding carboxylic acids is 12. The molecule has 31 heteroatoms. The molecule has 0 bridgehead atoms. The highest BCUT2D eigenvalue weighted by molar-refractivity contribution is 5.99. The van der Waals surface area contributed by atoms with E-state index in [4.69, 9.17) is 28.7 Å². The highest BCUT2D eigenvalue weighted by Crippen LogP contribution is 2.15. The van der Waals surface area contributed by atoms with Crippen LogP contribution in [0.15, 0.2) is 30.3 Å². The Balaban J connectivity index is 3.34. The molecule has 0 aliphatic carbocycles. The molecule has 12 amide bonds. The lowest BCUT2D eigenvalue weighted by molar-refractivity contribution is -0.142. The largest absolute Gasteiger partial charge is 0.480 e. The van der Waals surface area contributed by atoms with E-state index in [9.17, 15) is 67.4 Å². The van der Waals surface area contributed by atoms with Crippen LogP contribution in [0.5, 0.6) is 0 Å². The number of benzene rings is 1. The van der Waals surface area contributed by atoms with Crippen molar-refractivity contribution >= 4 is 76.9 Å². The zero-order chi connectivity index (χ0) is 75.8. The van der Waals surface area contributed by atoms with Crippen LogP contribution in [0.4, 0.5) is 0 Å². The second-order valence-corrected chi connectivity index (χ2v) is 27.7. The molecular weight excluding hydrogens is 1290 g/mol. The van der Waals surface area contributed by atoms with E-state index in [1.165, 1.54) is 27.7 Å². The molecule has 31 nitrogen and oxygen atoms in total. The van der Waals surface area contributed by atoms with Gasteiger partial charge in [-0.25, -0.2) is 4.79 Å². The summed E-state index contributed by atoms with van der Waals surface area (Å²) in [7, 11) is 0. The minimum Gasteiger partial charge on any atom is -0.480 e. The van der Waals surface area contributed by atoms with Gasteiger partial charge in [0, 0.05) is 0 Å². The molecule has 0 radical (unpaired) electrons. The summed E-state index contributed by atoms with van der Waals surface area (Å²) in [6.07, 6.45) is 4.49. The van der Waals surface area contributed by atoms with Gasteiger partial charge in [-0.3, -0.25) is 57.5 Å². The van der Waals surface area contributed by atoms with Crippen LogP contribution in [0.25, 0.3) is 0 Å². The Labute approximate surface area is 591 Å². The standard InChI is InChI=1S/C69H123N17O14/c1-39(2)34-53(85-68(98)55(36-41(5)6)84-65(95)51(28-18-22-32-72)80-57(87)43(9)75-61(91)48(74)38-47-24-14-13-15-25-47)66(96)78-44(10)58(88)79-49(26-16-20-30-70)62(92)76-45(11)59(89)83-54(35-40(3)4)67(97)82-52(29-19-23-33-73)64(94)81-50(27-17-21-31-71)63(93)77-46(12)60(90)86-56(69(99)100)37-42(7)8/h13-15,24-25,39-46,48-56H,16-23,26-38,70-74H2,1-12H3,(H,75,91)(H,76,92)(H,77,93)(H,78,96)(H,79,88)(H,80,87)(H,81,94)(H,82,97)(H,83,89)(H,84,95)(H,85,98)(H,86,90)(H,99,100)/t43-,44-,45-,46-,48-,49-,50-,51-,52-,53-,54-,55-,56-/m0/s1. The second kappa shape index (κ2) is 48.8. The van der Waals surface area contributed by atoms with Gasteiger partial charge in [0.25, 0.3) is 0 Å². The first-order valence-electron chi connectivity index (χ1n) is 35.6. The Kier molecular flexibility index (Phi) is 44.0. The first kappa shape index (κ1) is 90.1. The predicted octanol–water partition coefficient (Wildman–Crippen LogP) is -0.761. The molecule has 0 unspecified atom stereocenters. The Hall–Kier alpha value is -7.87. The van der Waals surface area contributed by atoms with Crippen molar-refractivity contribution in [3.63, 3.8) is 0 Å². The molecule has 1 rings (SSSR count). The number of hydrogen-bond acceptors (Lipinski definition) is 18. The summed E-state index contributed by atoms with van der Waals surface area (Å²) in [6.45, 7) is 21.2. The maximum Gasteiger partial charge on any atom is 0.326 e. The summed E-state index contributed by atoms with van der Waals surface area (Å²) in [5.41, 5.74) is 30.1. The zero-order valence-corrected chi connectivity index (χ0v) is 61.2. The van der Waals surface area contributed by atoms with Gasteiger partial charge in [-0.1, -0.05) is 85.7 Å². The third-order valence-electron chi connectivity index (χ3n) is 16.3. The molecule has 1 aromatic rings. The van der Waals surface area contributed by atoms with Gasteiger partial charge in [0.1, 0.15) is 72.5 Å². The van der Waals surface area contributed by atoms with E-state index >= 15 is 0 Å². The van der Waals surface area contributed by atoms with E-state index < -0.39 is 155 Å². The van der Waals surface area contributed by atoms with Crippen molar-refractivity contribution in [2.75, 3.05) is 26.2 Å². The molecule has 0 saturated carbocycles. The molecule has 100 heavy (non-hydrogen) atoms. The lowest BCUT2D eigenvalue weighted by Gasteiger charge is -2.28. The summed E-state index contributed by atoms with van der Waals surface area (Å²) >= 11 is 0. The maximum atomic E-state index is 14.3. The van der Waals surface area contributed by atoms with Crippen LogP contribution in [0.1, 0.15) is 191 Å². The summed E-state index contributed by atoms with van der Waals surface area (Å²) in [5, 5.41) is 41.6. The first-order valence-corrected chi connectivity index (χ1v) is 35.6. The van der Waals surface area contributed by atoms with E-state index in [1.54, 1.807) is 27.7 Å². The van der Waals surface area contributed by atoms with Crippen LogP contribution in [0.2, 0.25) is 0 Å². The lowest BCUT2D eigenvalue weighted by Crippen LogP contribution is -2.60. The van der Waals surface area contributed by atoms with Crippen molar-refractivity contribution in [2.24, 2.45) is 52.3 Å². The number of amides is 12. The predicted molar refractivity (Wildman–Crippen MR) is 381 cm³/mol. The number of aliphatic carboxylic acids is 1. The fourth-order valence-electron chi connectivity index (χ4n) is 10.6. The molecule has 0 heterocycles. The third-order valence-corrected chi connectivity index (χ3v) is 16.3. The SMILES string of the molecule is CC(C)C[C@H](NC(=O)[C@H](C)NC(=O)[C@H](CCCCN)NC(=O)[C@H](CCCCN)NC(=O)[C@H](CC(C)C)NC(=O)[C@H](C)NC(=O)[C@H](CCCCN)NC(=O)[C@H](C)NC(=O)[C@H](CC(C)C)NC(=O)[C@H](CC(C)C)NC(=O)[C@H](CCCCN)NC(=O)[C@H](C)NC(=O)[C@@H](N)Cc1ccccc1)C(=O)O. The monoisotopic (exact) mass is 1410 g/mol. The Bertz CT molecular complexity index is 2740. The minimum absolute atomic E-state index is 0.0529. The van der Waals surface area contributed by atoms with Crippen LogP contribution in [-0.4, -0.2) is 187 Å². The zero-order valence-electron chi connectivity index (χ0n) is 61.2. The molecular formula is C69H123N17O14. The van der Waals surface area contributed by atoms with Crippen LogP contribution in [0, 0.1) is 23.7 Å². The summed E-state index contributed by atoms with van der Waals surface area (Å²) in [4.78, 5) is 178. The van der Waals surface area contributed by atoms with Gasteiger partial charge in [0.2, 0.25) is 70.9 Å². The third kappa shape index (κ3) is 36.5. The summed E-state index contributed by atoms with van der Waals surface area (Å²) in [6, 6.07) is -6.52. The number of unbranched alkanes of at least 4 members (excludes halogenated alkanes) is 4. The average molecular weight is 1410 g/mol. The van der Waals surface area contributed by atoms with Crippen molar-refractivity contribution in [3.05, 3.63) is 35.9 Å². The maximum absolute atomic E-state index is 14.3. The molecule has 0 aliphatic rings. The molecule has 23 N–H and O–H groups in total. The normalized spacial score (nSPS) is 15.3. The van der Waals surface area contributed by atoms with Crippen molar-refractivity contribution in [2.45, 2.75) is 271 Å². The van der Waals surface area contributed by atoms with E-state index in [-0.39, 0.29) is 101 Å². The van der Waals surface area contributed by atoms with Gasteiger partial charge in [-0.2, -0.15) is 0 Å². The smallest absolute Gasteiger partial charge is 0.326 e. The number of carbonyl (C=O) groups is 13. The van der Waals surface area contributed by atoms with E-state index in [0.29, 0.717) is 57.9 Å². The van der Waals surface area contributed by atoms with E-state index in [1.807, 2.05) is 58.0 Å². The average Bonchev–Trinajstić information content (AvgIpc) is 0.891. The van der Waals surface area contributed by atoms with Crippen molar-refractivity contribution in [3.8, 4) is 0 Å². The van der Waals surface area contributed by atoms with Gasteiger partial charge in [-0.15, -0.1) is 0 Å². The lowest BCUT2D eigenvalue weighted by atomic mass is 9.99. The number of hydrogen-bond donors (Lipinski definition) is 18. The van der Waals surface area contributed by atoms with Crippen molar-refractivity contribution < 1.29 is 67.4 Å².